The number of ether oxygens (including phenoxy) is 1. The Labute approximate surface area is 221 Å². The summed E-state index contributed by atoms with van der Waals surface area (Å²) in [5.74, 6) is -0.335. The van der Waals surface area contributed by atoms with Crippen molar-refractivity contribution in [3.8, 4) is 5.75 Å². The zero-order valence-corrected chi connectivity index (χ0v) is 22.7. The van der Waals surface area contributed by atoms with Crippen molar-refractivity contribution in [3.63, 3.8) is 0 Å². The van der Waals surface area contributed by atoms with E-state index in [-0.39, 0.29) is 32.5 Å². The average molecular weight is 607 g/mol. The van der Waals surface area contributed by atoms with Crippen LogP contribution in [0.3, 0.4) is 0 Å². The highest BCUT2D eigenvalue weighted by Crippen LogP contribution is 2.39. The van der Waals surface area contributed by atoms with E-state index in [1.807, 2.05) is 0 Å². The molecule has 180 valence electrons. The van der Waals surface area contributed by atoms with Crippen LogP contribution in [0.4, 0.5) is 11.4 Å². The summed E-state index contributed by atoms with van der Waals surface area (Å²) in [7, 11) is -4.22. The molecule has 0 aliphatic rings. The van der Waals surface area contributed by atoms with E-state index in [0.717, 1.165) is 8.78 Å². The Morgan fingerprint density at radius 2 is 1.62 bits per heavy atom. The van der Waals surface area contributed by atoms with E-state index in [2.05, 4.69) is 21.2 Å². The fourth-order valence-corrected chi connectivity index (χ4v) is 5.35. The fourth-order valence-electron chi connectivity index (χ4n) is 2.95. The first kappa shape index (κ1) is 26.6. The number of carbonyl (C=O) groups is 1. The molecule has 0 saturated heterocycles. The van der Waals surface area contributed by atoms with Crippen molar-refractivity contribution in [1.29, 1.82) is 0 Å². The van der Waals surface area contributed by atoms with E-state index in [4.69, 9.17) is 39.5 Å². The van der Waals surface area contributed by atoms with E-state index in [1.54, 1.807) is 38.1 Å². The maximum Gasteiger partial charge on any atom is 0.264 e. The number of benzene rings is 3. The van der Waals surface area contributed by atoms with Gasteiger partial charge in [-0.2, -0.15) is 0 Å². The lowest BCUT2D eigenvalue weighted by molar-refractivity contribution is -0.114. The minimum Gasteiger partial charge on any atom is -0.489 e. The molecule has 3 rings (SSSR count). The third-order valence-corrected chi connectivity index (χ3v) is 7.60. The van der Waals surface area contributed by atoms with Gasteiger partial charge >= 0.3 is 0 Å². The van der Waals surface area contributed by atoms with Gasteiger partial charge in [0.25, 0.3) is 10.0 Å². The molecular weight excluding hydrogens is 587 g/mol. The van der Waals surface area contributed by atoms with Crippen molar-refractivity contribution in [1.82, 2.24) is 0 Å². The van der Waals surface area contributed by atoms with Crippen LogP contribution in [0, 0.1) is 0 Å². The summed E-state index contributed by atoms with van der Waals surface area (Å²) in [5.41, 5.74) is 0.547. The number of halogens is 4. The molecule has 0 aliphatic heterocycles. The molecule has 0 fully saturated rings. The molecule has 3 aromatic rings. The molecule has 34 heavy (non-hydrogen) atoms. The largest absolute Gasteiger partial charge is 0.489 e. The van der Waals surface area contributed by atoms with E-state index in [9.17, 15) is 13.2 Å². The van der Waals surface area contributed by atoms with E-state index < -0.39 is 22.5 Å². The lowest BCUT2D eigenvalue weighted by atomic mass is 10.2. The molecule has 0 atom stereocenters. The number of nitrogens with one attached hydrogen (secondary N) is 1. The fraction of sp³-hybridized carbons (Fsp3) is 0.174. The molecule has 0 aromatic heterocycles. The van der Waals surface area contributed by atoms with Crippen molar-refractivity contribution < 1.29 is 17.9 Å². The Hall–Kier alpha value is -1.97. The number of amides is 1. The van der Waals surface area contributed by atoms with Crippen LogP contribution in [0.25, 0.3) is 0 Å². The van der Waals surface area contributed by atoms with Gasteiger partial charge in [0.05, 0.1) is 26.7 Å². The second-order valence-electron chi connectivity index (χ2n) is 7.42. The first-order chi connectivity index (χ1) is 16.0. The number of rotatable bonds is 8. The molecule has 1 N–H and O–H groups in total. The molecule has 0 aliphatic carbocycles. The van der Waals surface area contributed by atoms with Crippen LogP contribution in [-0.4, -0.2) is 27.0 Å². The van der Waals surface area contributed by atoms with Crippen LogP contribution >= 0.6 is 50.7 Å². The highest BCUT2D eigenvalue weighted by Gasteiger charge is 2.30. The Balaban J connectivity index is 2.06. The van der Waals surface area contributed by atoms with Crippen LogP contribution < -0.4 is 14.4 Å². The first-order valence-electron chi connectivity index (χ1n) is 9.97. The van der Waals surface area contributed by atoms with Gasteiger partial charge in [0.1, 0.15) is 12.3 Å². The van der Waals surface area contributed by atoms with Crippen molar-refractivity contribution in [3.05, 3.63) is 80.2 Å². The molecule has 0 spiro atoms. The summed E-state index contributed by atoms with van der Waals surface area (Å²) >= 11 is 21.9. The molecular formula is C23H20BrCl3N2O4S. The Kier molecular flexibility index (Phi) is 8.76. The summed E-state index contributed by atoms with van der Waals surface area (Å²) in [4.78, 5) is 12.8. The van der Waals surface area contributed by atoms with Gasteiger partial charge in [-0.25, -0.2) is 8.42 Å². The molecule has 11 heteroatoms. The van der Waals surface area contributed by atoms with Crippen LogP contribution in [0.15, 0.2) is 70.0 Å². The highest BCUT2D eigenvalue weighted by molar-refractivity contribution is 9.10. The normalized spacial score (nSPS) is 11.4. The second kappa shape index (κ2) is 11.2. The van der Waals surface area contributed by atoms with Gasteiger partial charge in [0, 0.05) is 21.2 Å². The van der Waals surface area contributed by atoms with Crippen molar-refractivity contribution in [2.75, 3.05) is 16.2 Å². The molecule has 0 bridgehead atoms. The second-order valence-corrected chi connectivity index (χ2v) is 11.5. The zero-order chi connectivity index (χ0) is 25.0. The summed E-state index contributed by atoms with van der Waals surface area (Å²) < 4.78 is 34.7. The van der Waals surface area contributed by atoms with Crippen LogP contribution in [-0.2, 0) is 14.8 Å². The summed E-state index contributed by atoms with van der Waals surface area (Å²) in [6, 6.07) is 15.3. The SMILES string of the molecule is CC(C)Oc1cc(N(CC(=O)Nc2ccc(Br)cc2)S(=O)(=O)c2ccc(Cl)cc2)c(Cl)cc1Cl. The van der Waals surface area contributed by atoms with Crippen LogP contribution in [0.2, 0.25) is 15.1 Å². The van der Waals surface area contributed by atoms with E-state index >= 15 is 0 Å². The summed E-state index contributed by atoms with van der Waals surface area (Å²) in [6.07, 6.45) is -0.228. The van der Waals surface area contributed by atoms with Gasteiger partial charge < -0.3 is 10.1 Å². The van der Waals surface area contributed by atoms with Crippen LogP contribution in [0.1, 0.15) is 13.8 Å². The minimum atomic E-state index is -4.22. The van der Waals surface area contributed by atoms with Gasteiger partial charge in [0.2, 0.25) is 5.91 Å². The standard InChI is InChI=1S/C23H20BrCl3N2O4S/c1-14(2)33-22-12-21(19(26)11-20(22)27)29(34(31,32)18-9-5-16(25)6-10-18)13-23(30)28-17-7-3-15(24)4-8-17/h3-12,14H,13H2,1-2H3,(H,28,30). The molecule has 0 radical (unpaired) electrons. The maximum absolute atomic E-state index is 13.6. The maximum atomic E-state index is 13.6. The number of nitrogens with zero attached hydrogens (tertiary/aromatic N) is 1. The first-order valence-corrected chi connectivity index (χ1v) is 13.3. The summed E-state index contributed by atoms with van der Waals surface area (Å²) in [6.45, 7) is 3.06. The molecule has 0 unspecified atom stereocenters. The Morgan fingerprint density at radius 1 is 1.00 bits per heavy atom. The third kappa shape index (κ3) is 6.58. The average Bonchev–Trinajstić information content (AvgIpc) is 2.76. The number of hydrogen-bond donors (Lipinski definition) is 1. The molecule has 0 heterocycles. The third-order valence-electron chi connectivity index (χ3n) is 4.45. The minimum absolute atomic E-state index is 0.0371. The molecule has 3 aromatic carbocycles. The predicted octanol–water partition coefficient (Wildman–Crippen LogP) is 7.03. The lowest BCUT2D eigenvalue weighted by Gasteiger charge is -2.26. The van der Waals surface area contributed by atoms with E-state index in [1.165, 1.54) is 36.4 Å². The number of sulfonamides is 1. The summed E-state index contributed by atoms with van der Waals surface area (Å²) in [5, 5.41) is 3.31. The quantitative estimate of drug-likeness (QED) is 0.299. The van der Waals surface area contributed by atoms with Crippen LogP contribution in [0.5, 0.6) is 5.75 Å². The molecule has 0 saturated carbocycles. The van der Waals surface area contributed by atoms with Gasteiger partial charge in [0.15, 0.2) is 0 Å². The number of anilines is 2. The Bertz CT molecular complexity index is 1280. The van der Waals surface area contributed by atoms with Crippen molar-refractivity contribution in [2.45, 2.75) is 24.8 Å². The number of hydrogen-bond acceptors (Lipinski definition) is 4. The van der Waals surface area contributed by atoms with Gasteiger partial charge in [-0.05, 0) is 68.4 Å². The predicted molar refractivity (Wildman–Crippen MR) is 141 cm³/mol. The molecule has 6 nitrogen and oxygen atoms in total. The van der Waals surface area contributed by atoms with Crippen molar-refractivity contribution in [2.24, 2.45) is 0 Å². The monoisotopic (exact) mass is 604 g/mol. The molecule has 1 amide bonds. The van der Waals surface area contributed by atoms with Crippen molar-refractivity contribution >= 4 is 78.0 Å². The smallest absolute Gasteiger partial charge is 0.264 e. The van der Waals surface area contributed by atoms with Gasteiger partial charge in [-0.3, -0.25) is 9.10 Å². The lowest BCUT2D eigenvalue weighted by Crippen LogP contribution is -2.38. The van der Waals surface area contributed by atoms with Gasteiger partial charge in [-0.1, -0.05) is 50.7 Å². The number of carbonyl (C=O) groups excluding carboxylic acids is 1. The van der Waals surface area contributed by atoms with Gasteiger partial charge in [-0.15, -0.1) is 0 Å². The zero-order valence-electron chi connectivity index (χ0n) is 18.1. The topological polar surface area (TPSA) is 75.7 Å². The van der Waals surface area contributed by atoms with E-state index in [0.29, 0.717) is 10.7 Å². The Morgan fingerprint density at radius 3 is 2.21 bits per heavy atom. The highest BCUT2D eigenvalue weighted by atomic mass is 79.9.